The minimum Gasteiger partial charge on any atom is -0.479 e. The predicted octanol–water partition coefficient (Wildman–Crippen LogP) is 4.46. The lowest BCUT2D eigenvalue weighted by molar-refractivity contribution is 0.337. The summed E-state index contributed by atoms with van der Waals surface area (Å²) in [6.45, 7) is 3.87. The van der Waals surface area contributed by atoms with Crippen LogP contribution in [0.1, 0.15) is 17.0 Å². The summed E-state index contributed by atoms with van der Waals surface area (Å²) in [5.41, 5.74) is 2.91. The van der Waals surface area contributed by atoms with E-state index in [4.69, 9.17) is 16.0 Å². The number of hydrogen-bond donors (Lipinski definition) is 1. The first-order valence-electron chi connectivity index (χ1n) is 6.96. The van der Waals surface area contributed by atoms with Gasteiger partial charge in [0.05, 0.1) is 6.21 Å². The lowest BCUT2D eigenvalue weighted by atomic mass is 10.2. The van der Waals surface area contributed by atoms with Crippen LogP contribution in [0.4, 0.5) is 5.82 Å². The van der Waals surface area contributed by atoms with Crippen molar-refractivity contribution in [3.8, 4) is 17.4 Å². The first kappa shape index (κ1) is 15.2. The predicted molar refractivity (Wildman–Crippen MR) is 89.6 cm³/mol. The Labute approximate surface area is 138 Å². The van der Waals surface area contributed by atoms with Gasteiger partial charge in [0.1, 0.15) is 0 Å². The van der Waals surface area contributed by atoms with Crippen molar-refractivity contribution in [3.05, 3.63) is 58.4 Å². The number of oxazole rings is 1. The summed E-state index contributed by atoms with van der Waals surface area (Å²) >= 11 is 5.85. The van der Waals surface area contributed by atoms with Gasteiger partial charge in [-0.15, -0.1) is 0 Å². The maximum absolute atomic E-state index is 9.87. The quantitative estimate of drug-likeness (QED) is 0.721. The van der Waals surface area contributed by atoms with E-state index < -0.39 is 0 Å². The molecule has 0 unspecified atom stereocenters. The Morgan fingerprint density at radius 2 is 1.87 bits per heavy atom. The lowest BCUT2D eigenvalue weighted by Gasteiger charge is -1.97. The zero-order valence-corrected chi connectivity index (χ0v) is 13.4. The summed E-state index contributed by atoms with van der Waals surface area (Å²) in [7, 11) is 0. The minimum atomic E-state index is -0.289. The van der Waals surface area contributed by atoms with Crippen LogP contribution in [0.3, 0.4) is 0 Å². The fourth-order valence-corrected chi connectivity index (χ4v) is 2.26. The number of aryl methyl sites for hydroxylation is 2. The maximum Gasteiger partial charge on any atom is 0.312 e. The first-order valence-corrected chi connectivity index (χ1v) is 7.34. The van der Waals surface area contributed by atoms with Crippen LogP contribution in [0.5, 0.6) is 5.95 Å². The topological polar surface area (TPSA) is 71.5 Å². The molecule has 2 aromatic heterocycles. The Bertz CT molecular complexity index is 850. The van der Waals surface area contributed by atoms with Gasteiger partial charge >= 0.3 is 5.95 Å². The molecule has 3 aromatic rings. The van der Waals surface area contributed by atoms with E-state index in [1.807, 2.05) is 26.0 Å². The number of aliphatic imine (C=N–C) groups is 1. The Morgan fingerprint density at radius 3 is 2.57 bits per heavy atom. The van der Waals surface area contributed by atoms with E-state index in [2.05, 4.69) is 15.0 Å². The highest BCUT2D eigenvalue weighted by molar-refractivity contribution is 6.30. The second-order valence-electron chi connectivity index (χ2n) is 5.12. The van der Waals surface area contributed by atoms with Crippen molar-refractivity contribution in [1.82, 2.24) is 9.97 Å². The van der Waals surface area contributed by atoms with E-state index in [1.165, 1.54) is 6.21 Å². The summed E-state index contributed by atoms with van der Waals surface area (Å²) in [4.78, 5) is 12.8. The van der Waals surface area contributed by atoms with Crippen LogP contribution in [0.15, 0.2) is 45.8 Å². The molecule has 0 radical (unpaired) electrons. The number of rotatable bonds is 3. The van der Waals surface area contributed by atoms with Crippen molar-refractivity contribution in [2.45, 2.75) is 13.8 Å². The normalized spacial score (nSPS) is 11.3. The molecule has 0 saturated carbocycles. The van der Waals surface area contributed by atoms with Gasteiger partial charge in [-0.25, -0.2) is 15.0 Å². The van der Waals surface area contributed by atoms with E-state index in [0.29, 0.717) is 22.3 Å². The molecule has 0 aliphatic heterocycles. The van der Waals surface area contributed by atoms with Crippen LogP contribution in [0.25, 0.3) is 11.5 Å². The molecule has 1 N–H and O–H groups in total. The summed E-state index contributed by atoms with van der Waals surface area (Å²) in [6, 6.07) is 10.8. The lowest BCUT2D eigenvalue weighted by Crippen LogP contribution is -1.86. The van der Waals surface area contributed by atoms with Gasteiger partial charge in [-0.3, -0.25) is 0 Å². The highest BCUT2D eigenvalue weighted by Gasteiger charge is 2.12. The van der Waals surface area contributed by atoms with Crippen LogP contribution in [0.2, 0.25) is 5.02 Å². The second-order valence-corrected chi connectivity index (χ2v) is 5.56. The third-order valence-corrected chi connectivity index (χ3v) is 3.38. The van der Waals surface area contributed by atoms with Crippen LogP contribution in [0, 0.1) is 13.8 Å². The molecular formula is C17H14ClN3O2. The molecule has 0 amide bonds. The average molecular weight is 328 g/mol. The third kappa shape index (κ3) is 3.57. The molecular weight excluding hydrogens is 314 g/mol. The Kier molecular flexibility index (Phi) is 4.12. The maximum atomic E-state index is 9.87. The van der Waals surface area contributed by atoms with Gasteiger partial charge in [0.25, 0.3) is 0 Å². The molecule has 5 nitrogen and oxygen atoms in total. The molecule has 6 heteroatoms. The van der Waals surface area contributed by atoms with Gasteiger partial charge in [-0.2, -0.15) is 0 Å². The standard InChI is InChI=1S/C17H14ClN3O2/c1-10-7-11(2)20-15(8-10)19-9-14-17(22)23-16(21-14)12-3-5-13(18)6-4-12/h3-9,22H,1-2H3/b19-9+. The van der Waals surface area contributed by atoms with Gasteiger partial charge in [0.15, 0.2) is 11.5 Å². The largest absolute Gasteiger partial charge is 0.479 e. The van der Waals surface area contributed by atoms with E-state index in [9.17, 15) is 5.11 Å². The zero-order chi connectivity index (χ0) is 16.4. The van der Waals surface area contributed by atoms with Gasteiger partial charge in [0, 0.05) is 16.3 Å². The minimum absolute atomic E-state index is 0.246. The number of benzene rings is 1. The first-order chi connectivity index (χ1) is 11.0. The number of hydrogen-bond acceptors (Lipinski definition) is 5. The molecule has 0 spiro atoms. The molecule has 1 aromatic carbocycles. The van der Waals surface area contributed by atoms with Crippen LogP contribution in [-0.2, 0) is 0 Å². The fourth-order valence-electron chi connectivity index (χ4n) is 2.14. The van der Waals surface area contributed by atoms with Gasteiger partial charge in [0.2, 0.25) is 5.89 Å². The molecule has 3 rings (SSSR count). The van der Waals surface area contributed by atoms with E-state index in [1.54, 1.807) is 24.3 Å². The number of aromatic nitrogens is 2. The summed E-state index contributed by atoms with van der Waals surface area (Å²) in [5, 5.41) is 10.5. The summed E-state index contributed by atoms with van der Waals surface area (Å²) < 4.78 is 5.27. The van der Waals surface area contributed by atoms with Crippen molar-refractivity contribution in [3.63, 3.8) is 0 Å². The summed E-state index contributed by atoms with van der Waals surface area (Å²) in [5.74, 6) is 0.565. The Balaban J connectivity index is 1.89. The molecule has 0 fully saturated rings. The molecule has 0 saturated heterocycles. The average Bonchev–Trinajstić information content (AvgIpc) is 2.86. The molecule has 116 valence electrons. The smallest absolute Gasteiger partial charge is 0.312 e. The number of pyridine rings is 1. The van der Waals surface area contributed by atoms with Gasteiger partial charge in [-0.05, 0) is 55.8 Å². The zero-order valence-electron chi connectivity index (χ0n) is 12.6. The molecule has 23 heavy (non-hydrogen) atoms. The number of halogens is 1. The van der Waals surface area contributed by atoms with Crippen molar-refractivity contribution in [2.24, 2.45) is 4.99 Å². The molecule has 0 aliphatic rings. The number of nitrogens with zero attached hydrogens (tertiary/aromatic N) is 3. The molecule has 0 atom stereocenters. The molecule has 0 aliphatic carbocycles. The van der Waals surface area contributed by atoms with Gasteiger partial charge < -0.3 is 9.52 Å². The molecule has 0 bridgehead atoms. The van der Waals surface area contributed by atoms with Crippen LogP contribution < -0.4 is 0 Å². The van der Waals surface area contributed by atoms with Crippen molar-refractivity contribution in [1.29, 1.82) is 0 Å². The van der Waals surface area contributed by atoms with Gasteiger partial charge in [-0.1, -0.05) is 11.6 Å². The Hall–Kier alpha value is -2.66. The van der Waals surface area contributed by atoms with E-state index in [0.717, 1.165) is 11.3 Å². The fraction of sp³-hybridized carbons (Fsp3) is 0.118. The summed E-state index contributed by atoms with van der Waals surface area (Å²) in [6.07, 6.45) is 1.43. The van der Waals surface area contributed by atoms with E-state index in [-0.39, 0.29) is 11.6 Å². The highest BCUT2D eigenvalue weighted by Crippen LogP contribution is 2.26. The molecule has 2 heterocycles. The highest BCUT2D eigenvalue weighted by atomic mass is 35.5. The third-order valence-electron chi connectivity index (χ3n) is 3.13. The second kappa shape index (κ2) is 6.22. The Morgan fingerprint density at radius 1 is 1.13 bits per heavy atom. The number of aromatic hydroxyl groups is 1. The van der Waals surface area contributed by atoms with Crippen LogP contribution >= 0.6 is 11.6 Å². The SMILES string of the molecule is Cc1cc(C)nc(/N=C/c2nc(-c3ccc(Cl)cc3)oc2O)c1. The van der Waals surface area contributed by atoms with Crippen molar-refractivity contribution in [2.75, 3.05) is 0 Å². The van der Waals surface area contributed by atoms with Crippen molar-refractivity contribution >= 4 is 23.6 Å². The van der Waals surface area contributed by atoms with Crippen molar-refractivity contribution < 1.29 is 9.52 Å². The van der Waals surface area contributed by atoms with E-state index >= 15 is 0 Å². The van der Waals surface area contributed by atoms with Crippen LogP contribution in [-0.4, -0.2) is 21.3 Å². The monoisotopic (exact) mass is 327 g/mol.